The van der Waals surface area contributed by atoms with Crippen LogP contribution in [0.1, 0.15) is 35.1 Å². The van der Waals surface area contributed by atoms with E-state index in [0.29, 0.717) is 6.42 Å². The number of aryl methyl sites for hydroxylation is 3. The molecule has 0 saturated carbocycles. The second kappa shape index (κ2) is 9.61. The molecule has 0 saturated heterocycles. The minimum Gasteiger partial charge on any atom is -0.497 e. The number of carbonyl (C=O) groups excluding carboxylic acids is 1. The summed E-state index contributed by atoms with van der Waals surface area (Å²) in [7, 11) is 3.29. The summed E-state index contributed by atoms with van der Waals surface area (Å²) in [6, 6.07) is 11.8. The van der Waals surface area contributed by atoms with Gasteiger partial charge in [0.1, 0.15) is 11.5 Å². The molecule has 0 atom stereocenters. The van der Waals surface area contributed by atoms with Crippen LogP contribution in [0.5, 0.6) is 11.5 Å². The maximum absolute atomic E-state index is 11.9. The van der Waals surface area contributed by atoms with Crippen molar-refractivity contribution < 1.29 is 14.3 Å². The Bertz CT molecular complexity index is 785. The van der Waals surface area contributed by atoms with Gasteiger partial charge in [-0.1, -0.05) is 18.2 Å². The van der Waals surface area contributed by atoms with Crippen LogP contribution < -0.4 is 14.9 Å². The van der Waals surface area contributed by atoms with Crippen LogP contribution in [0.3, 0.4) is 0 Å². The summed E-state index contributed by atoms with van der Waals surface area (Å²) in [5.41, 5.74) is 6.91. The van der Waals surface area contributed by atoms with Crippen molar-refractivity contribution in [2.45, 2.75) is 33.1 Å². The van der Waals surface area contributed by atoms with Crippen molar-refractivity contribution in [3.05, 3.63) is 58.7 Å². The molecule has 5 nitrogen and oxygen atoms in total. The summed E-state index contributed by atoms with van der Waals surface area (Å²) in [4.78, 5) is 11.9. The normalized spacial score (nSPS) is 10.8. The summed E-state index contributed by atoms with van der Waals surface area (Å²) in [5, 5.41) is 4.02. The van der Waals surface area contributed by atoms with Gasteiger partial charge in [0.15, 0.2) is 0 Å². The molecule has 2 aromatic rings. The van der Waals surface area contributed by atoms with Crippen LogP contribution in [0.4, 0.5) is 0 Å². The van der Waals surface area contributed by atoms with Crippen molar-refractivity contribution in [2.24, 2.45) is 5.10 Å². The number of methoxy groups -OCH3 is 2. The van der Waals surface area contributed by atoms with E-state index in [0.717, 1.165) is 35.5 Å². The zero-order chi connectivity index (χ0) is 18.9. The fourth-order valence-corrected chi connectivity index (χ4v) is 2.67. The highest BCUT2D eigenvalue weighted by Crippen LogP contribution is 2.19. The first-order valence-electron chi connectivity index (χ1n) is 8.63. The van der Waals surface area contributed by atoms with E-state index in [1.807, 2.05) is 37.3 Å². The number of nitrogens with one attached hydrogen (secondary N) is 1. The molecule has 5 heteroatoms. The number of amides is 1. The van der Waals surface area contributed by atoms with Crippen LogP contribution in [-0.2, 0) is 11.2 Å². The van der Waals surface area contributed by atoms with Crippen LogP contribution in [0, 0.1) is 13.8 Å². The molecule has 0 heterocycles. The third-order valence-corrected chi connectivity index (χ3v) is 4.23. The lowest BCUT2D eigenvalue weighted by Crippen LogP contribution is -2.17. The molecule has 26 heavy (non-hydrogen) atoms. The van der Waals surface area contributed by atoms with Crippen LogP contribution >= 0.6 is 0 Å². The quantitative estimate of drug-likeness (QED) is 0.579. The van der Waals surface area contributed by atoms with Crippen LogP contribution in [-0.4, -0.2) is 26.3 Å². The molecular weight excluding hydrogens is 328 g/mol. The first-order valence-corrected chi connectivity index (χ1v) is 8.63. The van der Waals surface area contributed by atoms with Gasteiger partial charge >= 0.3 is 0 Å². The molecule has 0 aliphatic rings. The lowest BCUT2D eigenvalue weighted by Gasteiger charge is -2.07. The Morgan fingerprint density at radius 1 is 1.08 bits per heavy atom. The molecule has 138 valence electrons. The summed E-state index contributed by atoms with van der Waals surface area (Å²) in [6.07, 6.45) is 3.67. The molecule has 0 fully saturated rings. The number of carbonyl (C=O) groups is 1. The predicted molar refractivity (Wildman–Crippen MR) is 104 cm³/mol. The lowest BCUT2D eigenvalue weighted by molar-refractivity contribution is -0.121. The number of hydrogen-bond donors (Lipinski definition) is 1. The molecule has 0 spiro atoms. The van der Waals surface area contributed by atoms with Gasteiger partial charge in [-0.3, -0.25) is 4.79 Å². The molecule has 1 amide bonds. The Labute approximate surface area is 155 Å². The van der Waals surface area contributed by atoms with Crippen molar-refractivity contribution in [1.29, 1.82) is 0 Å². The van der Waals surface area contributed by atoms with Gasteiger partial charge in [0.05, 0.1) is 20.4 Å². The van der Waals surface area contributed by atoms with Crippen LogP contribution in [0.2, 0.25) is 0 Å². The minimum absolute atomic E-state index is 0.0912. The Morgan fingerprint density at radius 2 is 1.88 bits per heavy atom. The topological polar surface area (TPSA) is 59.9 Å². The van der Waals surface area contributed by atoms with Crippen LogP contribution in [0.25, 0.3) is 0 Å². The molecule has 0 radical (unpaired) electrons. The van der Waals surface area contributed by atoms with E-state index < -0.39 is 0 Å². The van der Waals surface area contributed by atoms with E-state index in [1.165, 1.54) is 11.1 Å². The maximum atomic E-state index is 11.9. The highest BCUT2D eigenvalue weighted by Gasteiger charge is 2.04. The standard InChI is InChI=1S/C21H26N2O3/c1-15-8-9-17(13-20(15)26-4)14-22-23-21(24)7-5-6-18-10-11-19(25-3)12-16(18)2/h8-14H,5-7H2,1-4H3,(H,23,24)/b22-14-. The predicted octanol–water partition coefficient (Wildman–Crippen LogP) is 3.79. The van der Waals surface area contributed by atoms with E-state index >= 15 is 0 Å². The fraction of sp³-hybridized carbons (Fsp3) is 0.333. The SMILES string of the molecule is COc1ccc(CCCC(=O)N/N=C\c2ccc(C)c(OC)c2)c(C)c1. The van der Waals surface area contributed by atoms with Crippen LogP contribution in [0.15, 0.2) is 41.5 Å². The van der Waals surface area contributed by atoms with Gasteiger partial charge in [-0.05, 0) is 67.1 Å². The smallest absolute Gasteiger partial charge is 0.240 e. The van der Waals surface area contributed by atoms with Gasteiger partial charge in [0.25, 0.3) is 0 Å². The Morgan fingerprint density at radius 3 is 2.58 bits per heavy atom. The molecule has 0 unspecified atom stereocenters. The van der Waals surface area contributed by atoms with Crippen molar-refractivity contribution in [2.75, 3.05) is 14.2 Å². The third kappa shape index (κ3) is 5.62. The van der Waals surface area contributed by atoms with E-state index in [1.54, 1.807) is 20.4 Å². The second-order valence-corrected chi connectivity index (χ2v) is 6.17. The molecule has 0 aliphatic carbocycles. The molecule has 2 aromatic carbocycles. The average Bonchev–Trinajstić information content (AvgIpc) is 2.64. The molecule has 0 bridgehead atoms. The first kappa shape index (κ1) is 19.5. The number of hydrazone groups is 1. The average molecular weight is 354 g/mol. The number of benzene rings is 2. The molecule has 1 N–H and O–H groups in total. The molecule has 0 aromatic heterocycles. The van der Waals surface area contributed by atoms with Gasteiger partial charge in [-0.25, -0.2) is 5.43 Å². The number of ether oxygens (including phenoxy) is 2. The Hall–Kier alpha value is -2.82. The zero-order valence-electron chi connectivity index (χ0n) is 15.8. The number of nitrogens with zero attached hydrogens (tertiary/aromatic N) is 1. The molecule has 0 aliphatic heterocycles. The monoisotopic (exact) mass is 354 g/mol. The van der Waals surface area contributed by atoms with E-state index in [2.05, 4.69) is 23.5 Å². The zero-order valence-corrected chi connectivity index (χ0v) is 15.8. The Balaban J connectivity index is 1.78. The van der Waals surface area contributed by atoms with E-state index in [-0.39, 0.29) is 5.91 Å². The summed E-state index contributed by atoms with van der Waals surface area (Å²) < 4.78 is 10.5. The minimum atomic E-state index is -0.0912. The molecule has 2 rings (SSSR count). The van der Waals surface area contributed by atoms with Crippen molar-refractivity contribution in [1.82, 2.24) is 5.43 Å². The number of rotatable bonds is 8. The van der Waals surface area contributed by atoms with Crippen molar-refractivity contribution in [3.63, 3.8) is 0 Å². The summed E-state index contributed by atoms with van der Waals surface area (Å²) in [5.74, 6) is 1.56. The number of hydrogen-bond acceptors (Lipinski definition) is 4. The second-order valence-electron chi connectivity index (χ2n) is 6.17. The summed E-state index contributed by atoms with van der Waals surface area (Å²) in [6.45, 7) is 4.03. The highest BCUT2D eigenvalue weighted by atomic mass is 16.5. The largest absolute Gasteiger partial charge is 0.497 e. The van der Waals surface area contributed by atoms with Crippen molar-refractivity contribution >= 4 is 12.1 Å². The van der Waals surface area contributed by atoms with Gasteiger partial charge in [0.2, 0.25) is 5.91 Å². The van der Waals surface area contributed by atoms with Gasteiger partial charge in [-0.2, -0.15) is 5.10 Å². The Kier molecular flexibility index (Phi) is 7.21. The first-order chi connectivity index (χ1) is 12.5. The van der Waals surface area contributed by atoms with E-state index in [4.69, 9.17) is 9.47 Å². The summed E-state index contributed by atoms with van der Waals surface area (Å²) >= 11 is 0. The fourth-order valence-electron chi connectivity index (χ4n) is 2.67. The lowest BCUT2D eigenvalue weighted by atomic mass is 10.0. The maximum Gasteiger partial charge on any atom is 0.240 e. The molecular formula is C21H26N2O3. The van der Waals surface area contributed by atoms with Gasteiger partial charge in [-0.15, -0.1) is 0 Å². The van der Waals surface area contributed by atoms with Gasteiger partial charge in [0, 0.05) is 6.42 Å². The third-order valence-electron chi connectivity index (χ3n) is 4.23. The van der Waals surface area contributed by atoms with Crippen molar-refractivity contribution in [3.8, 4) is 11.5 Å². The van der Waals surface area contributed by atoms with E-state index in [9.17, 15) is 4.79 Å². The van der Waals surface area contributed by atoms with Gasteiger partial charge < -0.3 is 9.47 Å². The highest BCUT2D eigenvalue weighted by molar-refractivity contribution is 5.83.